The molecule has 0 saturated carbocycles. The van der Waals surface area contributed by atoms with Crippen LogP contribution in [0.3, 0.4) is 0 Å². The fourth-order valence-corrected chi connectivity index (χ4v) is 3.77. The fraction of sp³-hybridized carbons (Fsp3) is 0.692. The van der Waals surface area contributed by atoms with E-state index in [1.165, 1.54) is 4.88 Å². The van der Waals surface area contributed by atoms with Gasteiger partial charge in [0.1, 0.15) is 5.01 Å². The van der Waals surface area contributed by atoms with E-state index in [2.05, 4.69) is 38.0 Å². The van der Waals surface area contributed by atoms with Gasteiger partial charge in [0.25, 0.3) is 0 Å². The molecule has 3 atom stereocenters. The van der Waals surface area contributed by atoms with Crippen LogP contribution in [-0.2, 0) is 6.42 Å². The lowest BCUT2D eigenvalue weighted by atomic mass is 10.1. The summed E-state index contributed by atoms with van der Waals surface area (Å²) in [6, 6.07) is 0.672. The molecule has 2 heterocycles. The third kappa shape index (κ3) is 3.26. The van der Waals surface area contributed by atoms with Crippen molar-refractivity contribution in [3.8, 4) is 0 Å². The van der Waals surface area contributed by atoms with Gasteiger partial charge in [0.05, 0.1) is 12.1 Å². The number of aryl methyl sites for hydroxylation is 1. The summed E-state index contributed by atoms with van der Waals surface area (Å²) in [7, 11) is 0. The van der Waals surface area contributed by atoms with Gasteiger partial charge >= 0.3 is 0 Å². The number of thioether (sulfide) groups is 1. The molecule has 0 bridgehead atoms. The van der Waals surface area contributed by atoms with E-state index in [9.17, 15) is 0 Å². The van der Waals surface area contributed by atoms with Crippen LogP contribution >= 0.6 is 23.1 Å². The minimum absolute atomic E-state index is 0.252. The van der Waals surface area contributed by atoms with E-state index >= 15 is 0 Å². The largest absolute Gasteiger partial charge is 0.356 e. The summed E-state index contributed by atoms with van der Waals surface area (Å²) in [5, 5.41) is 5.71. The van der Waals surface area contributed by atoms with Gasteiger partial charge in [-0.2, -0.15) is 0 Å². The second kappa shape index (κ2) is 6.06. The Morgan fingerprint density at radius 1 is 1.50 bits per heavy atom. The van der Waals surface area contributed by atoms with Crippen molar-refractivity contribution in [2.75, 3.05) is 5.75 Å². The van der Waals surface area contributed by atoms with Crippen LogP contribution < -0.4 is 5.32 Å². The molecular weight excluding hydrogens is 262 g/mol. The van der Waals surface area contributed by atoms with E-state index in [1.54, 1.807) is 11.3 Å². The van der Waals surface area contributed by atoms with Crippen LogP contribution in [0.2, 0.25) is 0 Å². The van der Waals surface area contributed by atoms with Crippen molar-refractivity contribution in [2.45, 2.75) is 46.2 Å². The number of hydrogen-bond acceptors (Lipinski definition) is 5. The molecule has 1 aromatic heterocycles. The molecule has 1 aliphatic rings. The summed E-state index contributed by atoms with van der Waals surface area (Å²) >= 11 is 3.62. The van der Waals surface area contributed by atoms with Crippen molar-refractivity contribution in [2.24, 2.45) is 10.9 Å². The Balaban J connectivity index is 1.99. The standard InChI is InChI=1S/C13H21N3S2/c1-5-11-6-14-12(18-11)10(4)16-13-15-9(3)8(2)7-17-13/h6,8-10H,5,7H2,1-4H3,(H,15,16). The minimum Gasteiger partial charge on any atom is -0.356 e. The maximum absolute atomic E-state index is 4.70. The highest BCUT2D eigenvalue weighted by atomic mass is 32.2. The second-order valence-corrected chi connectivity index (χ2v) is 7.00. The van der Waals surface area contributed by atoms with Crippen LogP contribution in [-0.4, -0.2) is 21.9 Å². The first-order valence-corrected chi connectivity index (χ1v) is 8.32. The molecule has 0 fully saturated rings. The molecule has 0 aliphatic carbocycles. The van der Waals surface area contributed by atoms with Crippen molar-refractivity contribution < 1.29 is 0 Å². The molecule has 3 unspecified atom stereocenters. The molecular formula is C13H21N3S2. The Bertz CT molecular complexity index is 428. The normalized spacial score (nSPS) is 25.7. The van der Waals surface area contributed by atoms with E-state index < -0.39 is 0 Å². The van der Waals surface area contributed by atoms with Crippen LogP contribution in [0.1, 0.15) is 43.6 Å². The van der Waals surface area contributed by atoms with Crippen molar-refractivity contribution in [1.82, 2.24) is 10.3 Å². The van der Waals surface area contributed by atoms with Crippen molar-refractivity contribution in [1.29, 1.82) is 0 Å². The Labute approximate surface area is 118 Å². The first kappa shape index (κ1) is 13.9. The third-order valence-electron chi connectivity index (χ3n) is 3.26. The first-order chi connectivity index (χ1) is 8.60. The van der Waals surface area contributed by atoms with E-state index in [1.807, 2.05) is 18.0 Å². The monoisotopic (exact) mass is 283 g/mol. The third-order valence-corrected chi connectivity index (χ3v) is 5.77. The van der Waals surface area contributed by atoms with Crippen LogP contribution in [0.4, 0.5) is 0 Å². The van der Waals surface area contributed by atoms with Crippen LogP contribution in [0.15, 0.2) is 11.2 Å². The van der Waals surface area contributed by atoms with E-state index in [-0.39, 0.29) is 6.04 Å². The quantitative estimate of drug-likeness (QED) is 0.922. The van der Waals surface area contributed by atoms with Gasteiger partial charge in [0, 0.05) is 16.8 Å². The number of aromatic nitrogens is 1. The average Bonchev–Trinajstić information content (AvgIpc) is 2.82. The van der Waals surface area contributed by atoms with Crippen LogP contribution in [0, 0.1) is 5.92 Å². The molecule has 0 radical (unpaired) electrons. The smallest absolute Gasteiger partial charge is 0.157 e. The Hall–Kier alpha value is -0.550. The number of nitrogens with one attached hydrogen (secondary N) is 1. The molecule has 0 aromatic carbocycles. The van der Waals surface area contributed by atoms with Crippen molar-refractivity contribution in [3.63, 3.8) is 0 Å². The summed E-state index contributed by atoms with van der Waals surface area (Å²) in [5.41, 5.74) is 0. The number of rotatable bonds is 3. The predicted molar refractivity (Wildman–Crippen MR) is 81.6 cm³/mol. The van der Waals surface area contributed by atoms with Gasteiger partial charge in [0.15, 0.2) is 5.17 Å². The summed E-state index contributed by atoms with van der Waals surface area (Å²) in [6.07, 6.45) is 3.05. The van der Waals surface area contributed by atoms with Crippen LogP contribution in [0.25, 0.3) is 0 Å². The first-order valence-electron chi connectivity index (χ1n) is 6.51. The van der Waals surface area contributed by atoms with Crippen molar-refractivity contribution in [3.05, 3.63) is 16.1 Å². The topological polar surface area (TPSA) is 37.3 Å². The van der Waals surface area contributed by atoms with Crippen molar-refractivity contribution >= 4 is 28.3 Å². The van der Waals surface area contributed by atoms with Gasteiger partial charge in [0.2, 0.25) is 0 Å². The molecule has 0 saturated heterocycles. The second-order valence-electron chi connectivity index (χ2n) is 4.85. The highest BCUT2D eigenvalue weighted by Crippen LogP contribution is 2.25. The zero-order chi connectivity index (χ0) is 13.1. The van der Waals surface area contributed by atoms with Gasteiger partial charge in [-0.15, -0.1) is 11.3 Å². The zero-order valence-electron chi connectivity index (χ0n) is 11.4. The maximum atomic E-state index is 4.70. The highest BCUT2D eigenvalue weighted by Gasteiger charge is 2.21. The number of hydrogen-bond donors (Lipinski definition) is 1. The van der Waals surface area contributed by atoms with Gasteiger partial charge in [-0.3, -0.25) is 4.99 Å². The SMILES string of the molecule is CCc1cnc(C(C)NC2=NC(C)C(C)CS2)s1. The molecule has 18 heavy (non-hydrogen) atoms. The Morgan fingerprint density at radius 2 is 2.28 bits per heavy atom. The summed E-state index contributed by atoms with van der Waals surface area (Å²) in [4.78, 5) is 10.5. The van der Waals surface area contributed by atoms with Gasteiger partial charge < -0.3 is 5.32 Å². The van der Waals surface area contributed by atoms with E-state index in [4.69, 9.17) is 4.99 Å². The summed E-state index contributed by atoms with van der Waals surface area (Å²) in [6.45, 7) is 8.77. The molecule has 5 heteroatoms. The number of aliphatic imine (C=N–C) groups is 1. The molecule has 0 spiro atoms. The van der Waals surface area contributed by atoms with Gasteiger partial charge in [-0.25, -0.2) is 4.98 Å². The molecule has 100 valence electrons. The average molecular weight is 283 g/mol. The predicted octanol–water partition coefficient (Wildman–Crippen LogP) is 3.48. The minimum atomic E-state index is 0.252. The Kier molecular flexibility index (Phi) is 4.67. The number of nitrogens with zero attached hydrogens (tertiary/aromatic N) is 2. The summed E-state index contributed by atoms with van der Waals surface area (Å²) < 4.78 is 0. The molecule has 1 aliphatic heterocycles. The van der Waals surface area contributed by atoms with E-state index in [0.717, 1.165) is 22.3 Å². The lowest BCUT2D eigenvalue weighted by Crippen LogP contribution is -2.31. The lowest BCUT2D eigenvalue weighted by molar-refractivity contribution is 0.532. The fourth-order valence-electron chi connectivity index (χ4n) is 1.71. The highest BCUT2D eigenvalue weighted by molar-refractivity contribution is 8.13. The number of amidine groups is 1. The van der Waals surface area contributed by atoms with E-state index in [0.29, 0.717) is 12.0 Å². The van der Waals surface area contributed by atoms with Gasteiger partial charge in [-0.1, -0.05) is 25.6 Å². The van der Waals surface area contributed by atoms with Gasteiger partial charge in [-0.05, 0) is 26.2 Å². The molecule has 2 rings (SSSR count). The Morgan fingerprint density at radius 3 is 2.89 bits per heavy atom. The lowest BCUT2D eigenvalue weighted by Gasteiger charge is -2.25. The summed E-state index contributed by atoms with van der Waals surface area (Å²) in [5.74, 6) is 1.82. The molecule has 1 N–H and O–H groups in total. The zero-order valence-corrected chi connectivity index (χ0v) is 13.1. The number of thiazole rings is 1. The molecule has 3 nitrogen and oxygen atoms in total. The molecule has 0 amide bonds. The maximum Gasteiger partial charge on any atom is 0.157 e. The van der Waals surface area contributed by atoms with Crippen LogP contribution in [0.5, 0.6) is 0 Å². The molecule has 1 aromatic rings.